The van der Waals surface area contributed by atoms with Crippen LogP contribution < -0.4 is 5.73 Å². The van der Waals surface area contributed by atoms with Gasteiger partial charge in [0.1, 0.15) is 0 Å². The van der Waals surface area contributed by atoms with Crippen molar-refractivity contribution in [1.82, 2.24) is 0 Å². The molecule has 0 aromatic rings. The lowest BCUT2D eigenvalue weighted by Gasteiger charge is -1.92. The van der Waals surface area contributed by atoms with E-state index in [1.807, 2.05) is 6.08 Å². The van der Waals surface area contributed by atoms with E-state index in [9.17, 15) is 0 Å². The minimum absolute atomic E-state index is 0.627. The van der Waals surface area contributed by atoms with Crippen molar-refractivity contribution in [2.24, 2.45) is 5.73 Å². The lowest BCUT2D eigenvalue weighted by Crippen LogP contribution is -1.96. The van der Waals surface area contributed by atoms with Crippen molar-refractivity contribution in [1.29, 1.82) is 0 Å². The molecular weight excluding hydrogens is 122 g/mol. The van der Waals surface area contributed by atoms with Crippen molar-refractivity contribution in [2.75, 3.05) is 5.88 Å². The van der Waals surface area contributed by atoms with Crippen molar-refractivity contribution in [3.05, 3.63) is 11.8 Å². The molecule has 0 bridgehead atoms. The number of hydrogen-bond acceptors (Lipinski definition) is 1. The van der Waals surface area contributed by atoms with Crippen molar-refractivity contribution >= 4 is 11.6 Å². The molecular formula is C6H12ClN. The topological polar surface area (TPSA) is 26.0 Å². The summed E-state index contributed by atoms with van der Waals surface area (Å²) in [5.41, 5.74) is 6.38. The number of nitrogens with two attached hydrogens (primary N) is 1. The van der Waals surface area contributed by atoms with Crippen LogP contribution >= 0.6 is 11.6 Å². The highest BCUT2D eigenvalue weighted by Gasteiger charge is 1.84. The Morgan fingerprint density at radius 3 is 2.75 bits per heavy atom. The summed E-state index contributed by atoms with van der Waals surface area (Å²) in [6.07, 6.45) is 3.81. The minimum atomic E-state index is 0.627. The molecule has 0 aliphatic heterocycles. The number of alkyl halides is 1. The van der Waals surface area contributed by atoms with Crippen LogP contribution in [-0.4, -0.2) is 5.88 Å². The number of rotatable bonds is 3. The lowest BCUT2D eigenvalue weighted by atomic mass is 10.3. The first-order valence-corrected chi connectivity index (χ1v) is 3.35. The van der Waals surface area contributed by atoms with E-state index in [0.717, 1.165) is 18.5 Å². The predicted molar refractivity (Wildman–Crippen MR) is 37.9 cm³/mol. The van der Waals surface area contributed by atoms with Crippen LogP contribution in [-0.2, 0) is 0 Å². The Balaban J connectivity index is 3.29. The van der Waals surface area contributed by atoms with Gasteiger partial charge in [-0.15, -0.1) is 11.6 Å². The fraction of sp³-hybridized carbons (Fsp3) is 0.667. The Kier molecular flexibility index (Phi) is 4.87. The van der Waals surface area contributed by atoms with Crippen molar-refractivity contribution in [3.63, 3.8) is 0 Å². The Morgan fingerprint density at radius 2 is 2.38 bits per heavy atom. The number of allylic oxidation sites excluding steroid dienone is 2. The number of halogens is 1. The maximum atomic E-state index is 5.47. The molecule has 0 aromatic carbocycles. The van der Waals surface area contributed by atoms with Gasteiger partial charge < -0.3 is 5.73 Å². The van der Waals surface area contributed by atoms with E-state index in [1.165, 1.54) is 0 Å². The molecule has 1 nitrogen and oxygen atoms in total. The first kappa shape index (κ1) is 7.83. The van der Waals surface area contributed by atoms with Crippen molar-refractivity contribution < 1.29 is 0 Å². The molecule has 0 aliphatic carbocycles. The smallest absolute Gasteiger partial charge is 0.0277 e. The van der Waals surface area contributed by atoms with Crippen LogP contribution in [0, 0.1) is 0 Å². The van der Waals surface area contributed by atoms with Gasteiger partial charge in [-0.1, -0.05) is 13.0 Å². The standard InChI is InChI=1S/C6H12ClN/c1-2-3-6(8)4-5-7/h3H,2,4-5,8H2,1H3/b6-3+. The van der Waals surface area contributed by atoms with Gasteiger partial charge in [-0.2, -0.15) is 0 Å². The highest BCUT2D eigenvalue weighted by Crippen LogP contribution is 1.95. The van der Waals surface area contributed by atoms with Crippen LogP contribution in [0.1, 0.15) is 19.8 Å². The first-order chi connectivity index (χ1) is 3.81. The molecule has 0 heterocycles. The monoisotopic (exact) mass is 133 g/mol. The van der Waals surface area contributed by atoms with Gasteiger partial charge >= 0.3 is 0 Å². The summed E-state index contributed by atoms with van der Waals surface area (Å²) in [7, 11) is 0. The zero-order chi connectivity index (χ0) is 6.41. The molecule has 8 heavy (non-hydrogen) atoms. The summed E-state index contributed by atoms with van der Waals surface area (Å²) in [6.45, 7) is 2.06. The quantitative estimate of drug-likeness (QED) is 0.585. The van der Waals surface area contributed by atoms with E-state index >= 15 is 0 Å². The zero-order valence-electron chi connectivity index (χ0n) is 5.15. The van der Waals surface area contributed by atoms with Gasteiger partial charge in [-0.05, 0) is 6.42 Å². The summed E-state index contributed by atoms with van der Waals surface area (Å²) in [4.78, 5) is 0. The first-order valence-electron chi connectivity index (χ1n) is 2.81. The van der Waals surface area contributed by atoms with Crippen LogP contribution in [0.25, 0.3) is 0 Å². The Bertz CT molecular complexity index is 78.6. The molecule has 48 valence electrons. The average molecular weight is 134 g/mol. The minimum Gasteiger partial charge on any atom is -0.402 e. The van der Waals surface area contributed by atoms with Crippen LogP contribution in [0.15, 0.2) is 11.8 Å². The fourth-order valence-electron chi connectivity index (χ4n) is 0.473. The third-order valence-corrected chi connectivity index (χ3v) is 1.04. The summed E-state index contributed by atoms with van der Waals surface area (Å²) in [6, 6.07) is 0. The van der Waals surface area contributed by atoms with Gasteiger partial charge in [0.25, 0.3) is 0 Å². The molecule has 0 rings (SSSR count). The second-order valence-electron chi connectivity index (χ2n) is 1.63. The van der Waals surface area contributed by atoms with Gasteiger partial charge in [0.05, 0.1) is 0 Å². The highest BCUT2D eigenvalue weighted by molar-refractivity contribution is 6.17. The summed E-state index contributed by atoms with van der Waals surface area (Å²) in [5.74, 6) is 0.627. The molecule has 2 heteroatoms. The van der Waals surface area contributed by atoms with Crippen LogP contribution in [0.3, 0.4) is 0 Å². The SMILES string of the molecule is CC/C=C(/N)CCCl. The Morgan fingerprint density at radius 1 is 1.75 bits per heavy atom. The van der Waals surface area contributed by atoms with E-state index in [2.05, 4.69) is 6.92 Å². The maximum Gasteiger partial charge on any atom is 0.0277 e. The molecule has 0 saturated carbocycles. The van der Waals surface area contributed by atoms with Gasteiger partial charge in [0.15, 0.2) is 0 Å². The second-order valence-corrected chi connectivity index (χ2v) is 2.00. The third-order valence-electron chi connectivity index (χ3n) is 0.849. The number of hydrogen-bond donors (Lipinski definition) is 1. The van der Waals surface area contributed by atoms with Crippen LogP contribution in [0.2, 0.25) is 0 Å². The van der Waals surface area contributed by atoms with Gasteiger partial charge in [-0.25, -0.2) is 0 Å². The van der Waals surface area contributed by atoms with E-state index in [0.29, 0.717) is 5.88 Å². The fourth-order valence-corrected chi connectivity index (χ4v) is 0.692. The van der Waals surface area contributed by atoms with E-state index in [4.69, 9.17) is 17.3 Å². The summed E-state index contributed by atoms with van der Waals surface area (Å²) in [5, 5.41) is 0. The van der Waals surface area contributed by atoms with Crippen LogP contribution in [0.5, 0.6) is 0 Å². The van der Waals surface area contributed by atoms with E-state index < -0.39 is 0 Å². The largest absolute Gasteiger partial charge is 0.402 e. The van der Waals surface area contributed by atoms with Crippen molar-refractivity contribution in [3.8, 4) is 0 Å². The molecule has 0 aliphatic rings. The summed E-state index contributed by atoms with van der Waals surface area (Å²) < 4.78 is 0. The third kappa shape index (κ3) is 4.00. The second kappa shape index (κ2) is 4.98. The highest BCUT2D eigenvalue weighted by atomic mass is 35.5. The van der Waals surface area contributed by atoms with Crippen molar-refractivity contribution in [2.45, 2.75) is 19.8 Å². The molecule has 0 atom stereocenters. The van der Waals surface area contributed by atoms with E-state index in [1.54, 1.807) is 0 Å². The Labute approximate surface area is 55.5 Å². The molecule has 2 N–H and O–H groups in total. The molecule has 0 fully saturated rings. The molecule has 0 radical (unpaired) electrons. The molecule has 0 amide bonds. The predicted octanol–water partition coefficient (Wildman–Crippen LogP) is 1.87. The zero-order valence-corrected chi connectivity index (χ0v) is 5.91. The van der Waals surface area contributed by atoms with Gasteiger partial charge in [0, 0.05) is 18.0 Å². The average Bonchev–Trinajstić information content (AvgIpc) is 1.68. The summed E-state index contributed by atoms with van der Waals surface area (Å²) >= 11 is 5.41. The van der Waals surface area contributed by atoms with E-state index in [-0.39, 0.29) is 0 Å². The van der Waals surface area contributed by atoms with Gasteiger partial charge in [0.2, 0.25) is 0 Å². The maximum absolute atomic E-state index is 5.47. The van der Waals surface area contributed by atoms with Gasteiger partial charge in [-0.3, -0.25) is 0 Å². The molecule has 0 spiro atoms. The Hall–Kier alpha value is -0.170. The normalized spacial score (nSPS) is 12.0. The lowest BCUT2D eigenvalue weighted by molar-refractivity contribution is 1.04. The molecule has 0 unspecified atom stereocenters. The molecule has 0 aromatic heterocycles. The molecule has 0 saturated heterocycles. The van der Waals surface area contributed by atoms with Crippen LogP contribution in [0.4, 0.5) is 0 Å².